The van der Waals surface area contributed by atoms with Gasteiger partial charge in [-0.15, -0.1) is 0 Å². The van der Waals surface area contributed by atoms with Crippen LogP contribution in [0.1, 0.15) is 52.0 Å². The first kappa shape index (κ1) is 23.0. The van der Waals surface area contributed by atoms with Gasteiger partial charge in [0, 0.05) is 6.04 Å². The monoisotopic (exact) mass is 412 g/mol. The number of rotatable bonds is 9. The maximum absolute atomic E-state index is 12.3. The second-order valence-corrected chi connectivity index (χ2v) is 11.1. The zero-order valence-corrected chi connectivity index (χ0v) is 18.7. The fraction of sp³-hybridized carbons (Fsp3) is 0.714. The Morgan fingerprint density at radius 2 is 1.68 bits per heavy atom. The summed E-state index contributed by atoms with van der Waals surface area (Å²) in [6.07, 6.45) is 4.87. The molecule has 1 aliphatic rings. The van der Waals surface area contributed by atoms with Crippen molar-refractivity contribution in [3.63, 3.8) is 0 Å². The maximum atomic E-state index is 12.3. The van der Waals surface area contributed by atoms with Crippen molar-refractivity contribution in [1.82, 2.24) is 10.0 Å². The van der Waals surface area contributed by atoms with Crippen LogP contribution in [0.15, 0.2) is 18.2 Å². The van der Waals surface area contributed by atoms with Gasteiger partial charge in [-0.25, -0.2) is 13.1 Å². The van der Waals surface area contributed by atoms with Gasteiger partial charge in [0.05, 0.1) is 19.0 Å². The van der Waals surface area contributed by atoms with E-state index in [1.807, 2.05) is 12.1 Å². The van der Waals surface area contributed by atoms with Crippen LogP contribution < -0.4 is 19.5 Å². The maximum Gasteiger partial charge on any atom is 0.216 e. The summed E-state index contributed by atoms with van der Waals surface area (Å²) in [4.78, 5) is 0. The third-order valence-corrected chi connectivity index (χ3v) is 7.70. The molecule has 0 bridgehead atoms. The van der Waals surface area contributed by atoms with Crippen molar-refractivity contribution in [3.8, 4) is 11.5 Å². The molecule has 160 valence electrons. The van der Waals surface area contributed by atoms with Crippen molar-refractivity contribution in [2.75, 3.05) is 27.3 Å². The minimum atomic E-state index is -3.26. The molecule has 0 heterocycles. The molecule has 0 saturated heterocycles. The van der Waals surface area contributed by atoms with Gasteiger partial charge in [-0.3, -0.25) is 0 Å². The third-order valence-electron chi connectivity index (χ3n) is 5.45. The highest BCUT2D eigenvalue weighted by molar-refractivity contribution is 7.90. The first-order chi connectivity index (χ1) is 13.2. The van der Waals surface area contributed by atoms with Crippen LogP contribution in [0.4, 0.5) is 0 Å². The van der Waals surface area contributed by atoms with E-state index in [1.54, 1.807) is 35.0 Å². The molecule has 0 aliphatic heterocycles. The van der Waals surface area contributed by atoms with Gasteiger partial charge >= 0.3 is 0 Å². The summed E-state index contributed by atoms with van der Waals surface area (Å²) in [5.41, 5.74) is 1.21. The molecule has 0 unspecified atom stereocenters. The number of ether oxygens (including phenoxy) is 2. The zero-order valence-electron chi connectivity index (χ0n) is 17.9. The highest BCUT2D eigenvalue weighted by atomic mass is 32.2. The van der Waals surface area contributed by atoms with Crippen molar-refractivity contribution < 1.29 is 17.9 Å². The van der Waals surface area contributed by atoms with E-state index in [9.17, 15) is 8.42 Å². The minimum absolute atomic E-state index is 0.0761. The SMILES string of the molecule is COc1ccc(CCNC[C@H]2CC[C@H](NS(=O)(=O)C(C)(C)C)CC2)cc1OC. The molecule has 2 rings (SSSR count). The second kappa shape index (κ2) is 9.94. The average molecular weight is 413 g/mol. The molecule has 6 nitrogen and oxygen atoms in total. The summed E-state index contributed by atoms with van der Waals surface area (Å²) in [6, 6.07) is 6.10. The van der Waals surface area contributed by atoms with Crippen molar-refractivity contribution in [1.29, 1.82) is 0 Å². The average Bonchev–Trinajstić information content (AvgIpc) is 2.65. The van der Waals surface area contributed by atoms with Gasteiger partial charge in [-0.1, -0.05) is 6.07 Å². The normalized spacial score (nSPS) is 20.8. The van der Waals surface area contributed by atoms with E-state index in [-0.39, 0.29) is 6.04 Å². The molecule has 1 saturated carbocycles. The van der Waals surface area contributed by atoms with Crippen LogP contribution in [0.2, 0.25) is 0 Å². The standard InChI is InChI=1S/C21H36N2O4S/c1-21(2,3)28(24,25)23-18-9-6-17(7-10-18)15-22-13-12-16-8-11-19(26-4)20(14-16)27-5/h8,11,14,17-18,22-23H,6-7,9-10,12-13,15H2,1-5H3/t17-,18-. The number of methoxy groups -OCH3 is 2. The van der Waals surface area contributed by atoms with Crippen LogP contribution in [-0.4, -0.2) is 46.5 Å². The Morgan fingerprint density at radius 1 is 1.04 bits per heavy atom. The Labute approximate surface area is 170 Å². The Balaban J connectivity index is 1.69. The molecule has 0 radical (unpaired) electrons. The first-order valence-corrected chi connectivity index (χ1v) is 11.6. The highest BCUT2D eigenvalue weighted by Gasteiger charge is 2.32. The molecule has 2 N–H and O–H groups in total. The smallest absolute Gasteiger partial charge is 0.216 e. The summed E-state index contributed by atoms with van der Waals surface area (Å²) in [7, 11) is 0.0293. The van der Waals surface area contributed by atoms with Crippen LogP contribution >= 0.6 is 0 Å². The summed E-state index contributed by atoms with van der Waals surface area (Å²) in [5, 5.41) is 3.55. The summed E-state index contributed by atoms with van der Waals surface area (Å²) < 4.78 is 37.3. The number of sulfonamides is 1. The number of nitrogens with one attached hydrogen (secondary N) is 2. The van der Waals surface area contributed by atoms with E-state index in [2.05, 4.69) is 16.1 Å². The fourth-order valence-electron chi connectivity index (χ4n) is 3.46. The highest BCUT2D eigenvalue weighted by Crippen LogP contribution is 2.28. The quantitative estimate of drug-likeness (QED) is 0.610. The topological polar surface area (TPSA) is 76.7 Å². The largest absolute Gasteiger partial charge is 0.493 e. The van der Waals surface area contributed by atoms with Crippen molar-refractivity contribution in [2.24, 2.45) is 5.92 Å². The second-order valence-electron chi connectivity index (χ2n) is 8.59. The third kappa shape index (κ3) is 6.36. The Morgan fingerprint density at radius 3 is 2.25 bits per heavy atom. The molecular formula is C21H36N2O4S. The van der Waals surface area contributed by atoms with Crippen LogP contribution in [0, 0.1) is 5.92 Å². The van der Waals surface area contributed by atoms with E-state index in [0.717, 1.165) is 56.7 Å². The molecule has 1 aromatic carbocycles. The molecule has 0 atom stereocenters. The predicted molar refractivity (Wildman–Crippen MR) is 114 cm³/mol. The zero-order chi connectivity index (χ0) is 20.8. The molecule has 0 aromatic heterocycles. The first-order valence-electron chi connectivity index (χ1n) is 10.1. The number of hydrogen-bond acceptors (Lipinski definition) is 5. The Hall–Kier alpha value is -1.31. The molecule has 0 spiro atoms. The lowest BCUT2D eigenvalue weighted by Gasteiger charge is -2.31. The number of hydrogen-bond donors (Lipinski definition) is 2. The number of benzene rings is 1. The van der Waals surface area contributed by atoms with E-state index >= 15 is 0 Å². The van der Waals surface area contributed by atoms with E-state index < -0.39 is 14.8 Å². The molecule has 0 amide bonds. The van der Waals surface area contributed by atoms with Crippen LogP contribution in [-0.2, 0) is 16.4 Å². The molecule has 1 fully saturated rings. The summed E-state index contributed by atoms with van der Waals surface area (Å²) in [6.45, 7) is 7.11. The van der Waals surface area contributed by atoms with Crippen molar-refractivity contribution >= 4 is 10.0 Å². The summed E-state index contributed by atoms with van der Waals surface area (Å²) in [5.74, 6) is 2.12. The lowest BCUT2D eigenvalue weighted by molar-refractivity contribution is 0.302. The van der Waals surface area contributed by atoms with Gasteiger partial charge in [0.15, 0.2) is 11.5 Å². The fourth-order valence-corrected chi connectivity index (χ4v) is 4.48. The van der Waals surface area contributed by atoms with Gasteiger partial charge in [0.2, 0.25) is 10.0 Å². The van der Waals surface area contributed by atoms with Gasteiger partial charge in [0.25, 0.3) is 0 Å². The van der Waals surface area contributed by atoms with E-state index in [4.69, 9.17) is 9.47 Å². The van der Waals surface area contributed by atoms with Gasteiger partial charge in [-0.2, -0.15) is 0 Å². The van der Waals surface area contributed by atoms with Crippen molar-refractivity contribution in [3.05, 3.63) is 23.8 Å². The van der Waals surface area contributed by atoms with E-state index in [0.29, 0.717) is 5.92 Å². The van der Waals surface area contributed by atoms with Gasteiger partial charge < -0.3 is 14.8 Å². The summed E-state index contributed by atoms with van der Waals surface area (Å²) >= 11 is 0. The van der Waals surface area contributed by atoms with E-state index in [1.165, 1.54) is 5.56 Å². The molecule has 1 aliphatic carbocycles. The van der Waals surface area contributed by atoms with Crippen molar-refractivity contribution in [2.45, 2.75) is 63.7 Å². The van der Waals surface area contributed by atoms with Gasteiger partial charge in [-0.05, 0) is 89.6 Å². The molecular weight excluding hydrogens is 376 g/mol. The Bertz CT molecular complexity index is 720. The Kier molecular flexibility index (Phi) is 8.16. The van der Waals surface area contributed by atoms with Crippen LogP contribution in [0.5, 0.6) is 11.5 Å². The van der Waals surface area contributed by atoms with Crippen LogP contribution in [0.3, 0.4) is 0 Å². The minimum Gasteiger partial charge on any atom is -0.493 e. The lowest BCUT2D eigenvalue weighted by Crippen LogP contribution is -2.46. The molecule has 28 heavy (non-hydrogen) atoms. The predicted octanol–water partition coefficient (Wildman–Crippen LogP) is 3.11. The molecule has 7 heteroatoms. The molecule has 1 aromatic rings. The van der Waals surface area contributed by atoms with Gasteiger partial charge in [0.1, 0.15) is 0 Å². The lowest BCUT2D eigenvalue weighted by atomic mass is 9.86. The van der Waals surface area contributed by atoms with Crippen LogP contribution in [0.25, 0.3) is 0 Å².